The molecule has 0 aliphatic carbocycles. The monoisotopic (exact) mass is 394 g/mol. The van der Waals surface area contributed by atoms with Gasteiger partial charge >= 0.3 is 0 Å². The van der Waals surface area contributed by atoms with Gasteiger partial charge in [0.15, 0.2) is 0 Å². The first kappa shape index (κ1) is 20.0. The van der Waals surface area contributed by atoms with E-state index in [2.05, 4.69) is 34.4 Å². The van der Waals surface area contributed by atoms with E-state index in [9.17, 15) is 9.59 Å². The largest absolute Gasteiger partial charge is 0.357 e. The van der Waals surface area contributed by atoms with Gasteiger partial charge in [0, 0.05) is 18.7 Å². The minimum Gasteiger partial charge on any atom is -0.357 e. The topological polar surface area (TPSA) is 74.3 Å². The third kappa shape index (κ3) is 5.34. The maximum atomic E-state index is 12.0. The molecule has 8 heteroatoms. The number of halogens is 2. The van der Waals surface area contributed by atoms with Gasteiger partial charge in [-0.2, -0.15) is 0 Å². The first-order valence-corrected chi connectivity index (χ1v) is 8.94. The Morgan fingerprint density at radius 2 is 1.81 bits per heavy atom. The summed E-state index contributed by atoms with van der Waals surface area (Å²) >= 11 is 11.7. The van der Waals surface area contributed by atoms with Gasteiger partial charge in [0.05, 0.1) is 28.5 Å². The Bertz CT molecular complexity index is 777. The minimum absolute atomic E-state index is 0.170. The number of rotatable bonds is 7. The number of benzene rings is 1. The highest BCUT2D eigenvalue weighted by Crippen LogP contribution is 2.22. The zero-order valence-corrected chi connectivity index (χ0v) is 16.1. The van der Waals surface area contributed by atoms with Crippen molar-refractivity contribution < 1.29 is 9.59 Å². The van der Waals surface area contributed by atoms with E-state index in [1.807, 2.05) is 6.07 Å². The molecular formula is C18H20Cl2N4O2. The zero-order chi connectivity index (χ0) is 19.1. The van der Waals surface area contributed by atoms with Crippen molar-refractivity contribution in [3.8, 4) is 0 Å². The van der Waals surface area contributed by atoms with Crippen molar-refractivity contribution in [1.82, 2.24) is 10.3 Å². The average Bonchev–Trinajstić information content (AvgIpc) is 2.64. The van der Waals surface area contributed by atoms with Crippen LogP contribution in [0.4, 0.5) is 11.5 Å². The molecule has 2 aromatic rings. The van der Waals surface area contributed by atoms with Crippen molar-refractivity contribution in [2.75, 3.05) is 29.9 Å². The van der Waals surface area contributed by atoms with Gasteiger partial charge in [-0.05, 0) is 44.2 Å². The Balaban J connectivity index is 1.88. The van der Waals surface area contributed by atoms with Crippen LogP contribution >= 0.6 is 23.2 Å². The molecule has 0 saturated carbocycles. The highest BCUT2D eigenvalue weighted by Gasteiger charge is 2.10. The van der Waals surface area contributed by atoms with E-state index >= 15 is 0 Å². The van der Waals surface area contributed by atoms with Gasteiger partial charge in [-0.15, -0.1) is 0 Å². The fourth-order valence-corrected chi connectivity index (χ4v) is 2.60. The number of carbonyl (C=O) groups excluding carboxylic acids is 2. The van der Waals surface area contributed by atoms with E-state index < -0.39 is 5.91 Å². The molecule has 1 heterocycles. The van der Waals surface area contributed by atoms with Crippen LogP contribution in [-0.2, 0) is 4.79 Å². The molecule has 2 amide bonds. The summed E-state index contributed by atoms with van der Waals surface area (Å²) in [6, 6.07) is 8.14. The molecule has 1 aromatic carbocycles. The molecule has 2 rings (SSSR count). The first-order valence-electron chi connectivity index (χ1n) is 8.18. The SMILES string of the molecule is CCN(CC)c1ccc(NC(=O)CNC(=O)c2ccc(Cl)c(Cl)c2)cn1. The molecule has 138 valence electrons. The summed E-state index contributed by atoms with van der Waals surface area (Å²) in [7, 11) is 0. The van der Waals surface area contributed by atoms with Crippen LogP contribution in [0.25, 0.3) is 0 Å². The highest BCUT2D eigenvalue weighted by molar-refractivity contribution is 6.42. The Morgan fingerprint density at radius 1 is 1.08 bits per heavy atom. The van der Waals surface area contributed by atoms with E-state index in [0.29, 0.717) is 16.3 Å². The maximum absolute atomic E-state index is 12.0. The van der Waals surface area contributed by atoms with Crippen LogP contribution in [0.15, 0.2) is 36.5 Å². The molecule has 0 unspecified atom stereocenters. The van der Waals surface area contributed by atoms with Crippen LogP contribution < -0.4 is 15.5 Å². The molecule has 0 radical (unpaired) electrons. The average molecular weight is 395 g/mol. The fourth-order valence-electron chi connectivity index (χ4n) is 2.30. The van der Waals surface area contributed by atoms with Crippen LogP contribution in [0.1, 0.15) is 24.2 Å². The Labute approximate surface area is 162 Å². The number of amides is 2. The van der Waals surface area contributed by atoms with E-state index in [4.69, 9.17) is 23.2 Å². The second kappa shape index (κ2) is 9.40. The first-order chi connectivity index (χ1) is 12.4. The summed E-state index contributed by atoms with van der Waals surface area (Å²) in [6.45, 7) is 5.65. The van der Waals surface area contributed by atoms with E-state index in [0.717, 1.165) is 18.9 Å². The lowest BCUT2D eigenvalue weighted by Crippen LogP contribution is -2.32. The van der Waals surface area contributed by atoms with E-state index in [-0.39, 0.29) is 17.5 Å². The van der Waals surface area contributed by atoms with Crippen molar-refractivity contribution >= 4 is 46.5 Å². The highest BCUT2D eigenvalue weighted by atomic mass is 35.5. The predicted octanol–water partition coefficient (Wildman–Crippen LogP) is 3.60. The molecule has 0 atom stereocenters. The van der Waals surface area contributed by atoms with Gasteiger partial charge in [0.2, 0.25) is 5.91 Å². The molecule has 6 nitrogen and oxygen atoms in total. The van der Waals surface area contributed by atoms with Crippen molar-refractivity contribution in [3.63, 3.8) is 0 Å². The van der Waals surface area contributed by atoms with Crippen molar-refractivity contribution in [1.29, 1.82) is 0 Å². The maximum Gasteiger partial charge on any atom is 0.251 e. The van der Waals surface area contributed by atoms with Gasteiger partial charge in [0.25, 0.3) is 5.91 Å². The second-order valence-electron chi connectivity index (χ2n) is 5.44. The number of nitrogens with zero attached hydrogens (tertiary/aromatic N) is 2. The van der Waals surface area contributed by atoms with E-state index in [1.165, 1.54) is 18.2 Å². The number of nitrogens with one attached hydrogen (secondary N) is 2. The molecule has 0 bridgehead atoms. The van der Waals surface area contributed by atoms with Gasteiger partial charge in [-0.1, -0.05) is 23.2 Å². The molecule has 0 spiro atoms. The quantitative estimate of drug-likeness (QED) is 0.751. The summed E-state index contributed by atoms with van der Waals surface area (Å²) < 4.78 is 0. The lowest BCUT2D eigenvalue weighted by molar-refractivity contribution is -0.115. The number of hydrogen-bond donors (Lipinski definition) is 2. The van der Waals surface area contributed by atoms with Crippen LogP contribution in [-0.4, -0.2) is 36.4 Å². The molecule has 26 heavy (non-hydrogen) atoms. The normalized spacial score (nSPS) is 10.3. The molecular weight excluding hydrogens is 375 g/mol. The number of aromatic nitrogens is 1. The lowest BCUT2D eigenvalue weighted by Gasteiger charge is -2.19. The van der Waals surface area contributed by atoms with Crippen LogP contribution in [0, 0.1) is 0 Å². The summed E-state index contributed by atoms with van der Waals surface area (Å²) in [5.41, 5.74) is 0.895. The third-order valence-electron chi connectivity index (χ3n) is 3.71. The Morgan fingerprint density at radius 3 is 2.38 bits per heavy atom. The molecule has 2 N–H and O–H groups in total. The Hall–Kier alpha value is -2.31. The van der Waals surface area contributed by atoms with Gasteiger partial charge in [-0.25, -0.2) is 4.98 Å². The Kier molecular flexibility index (Phi) is 7.24. The molecule has 0 aliphatic heterocycles. The molecule has 1 aromatic heterocycles. The number of carbonyl (C=O) groups is 2. The fraction of sp³-hybridized carbons (Fsp3) is 0.278. The minimum atomic E-state index is -0.409. The van der Waals surface area contributed by atoms with Crippen LogP contribution in [0.3, 0.4) is 0 Å². The molecule has 0 saturated heterocycles. The van der Waals surface area contributed by atoms with Gasteiger partial charge < -0.3 is 15.5 Å². The van der Waals surface area contributed by atoms with Crippen molar-refractivity contribution in [2.45, 2.75) is 13.8 Å². The summed E-state index contributed by atoms with van der Waals surface area (Å²) in [4.78, 5) is 30.5. The number of hydrogen-bond acceptors (Lipinski definition) is 4. The van der Waals surface area contributed by atoms with Crippen molar-refractivity contribution in [3.05, 3.63) is 52.1 Å². The van der Waals surface area contributed by atoms with Gasteiger partial charge in [0.1, 0.15) is 5.82 Å². The molecule has 0 aliphatic rings. The van der Waals surface area contributed by atoms with Crippen LogP contribution in [0.2, 0.25) is 10.0 Å². The molecule has 0 fully saturated rings. The number of anilines is 2. The van der Waals surface area contributed by atoms with Crippen LogP contribution in [0.5, 0.6) is 0 Å². The predicted molar refractivity (Wildman–Crippen MR) is 105 cm³/mol. The summed E-state index contributed by atoms with van der Waals surface area (Å²) in [5, 5.41) is 5.87. The zero-order valence-electron chi connectivity index (χ0n) is 14.6. The van der Waals surface area contributed by atoms with Crippen molar-refractivity contribution in [2.24, 2.45) is 0 Å². The smallest absolute Gasteiger partial charge is 0.251 e. The lowest BCUT2D eigenvalue weighted by atomic mass is 10.2. The number of pyridine rings is 1. The van der Waals surface area contributed by atoms with E-state index in [1.54, 1.807) is 12.3 Å². The second-order valence-corrected chi connectivity index (χ2v) is 6.25. The van der Waals surface area contributed by atoms with Gasteiger partial charge in [-0.3, -0.25) is 9.59 Å². The summed E-state index contributed by atoms with van der Waals surface area (Å²) in [6.07, 6.45) is 1.59. The standard InChI is InChI=1S/C18H20Cl2N4O2/c1-3-24(4-2)16-8-6-13(10-21-16)23-17(25)11-22-18(26)12-5-7-14(19)15(20)9-12/h5-10H,3-4,11H2,1-2H3,(H,22,26)(H,23,25). The summed E-state index contributed by atoms with van der Waals surface area (Å²) in [5.74, 6) is 0.0884. The third-order valence-corrected chi connectivity index (χ3v) is 4.45.